The predicted octanol–water partition coefficient (Wildman–Crippen LogP) is 7.39. The van der Waals surface area contributed by atoms with Gasteiger partial charge in [-0.25, -0.2) is 0 Å². The number of esters is 1. The fourth-order valence-electron chi connectivity index (χ4n) is 5.53. The van der Waals surface area contributed by atoms with Crippen LogP contribution in [0.1, 0.15) is 35.3 Å². The molecule has 2 N–H and O–H groups in total. The van der Waals surface area contributed by atoms with Crippen LogP contribution in [-0.4, -0.2) is 93.2 Å². The molecule has 300 valence electrons. The summed E-state index contributed by atoms with van der Waals surface area (Å²) in [5.74, 6) is -0.116. The summed E-state index contributed by atoms with van der Waals surface area (Å²) in [4.78, 5) is 53.9. The fourth-order valence-corrected chi connectivity index (χ4v) is 7.12. The van der Waals surface area contributed by atoms with E-state index in [1.165, 1.54) is 57.2 Å². The van der Waals surface area contributed by atoms with Crippen molar-refractivity contribution in [1.29, 1.82) is 0 Å². The van der Waals surface area contributed by atoms with Gasteiger partial charge in [0.1, 0.15) is 5.75 Å². The number of ether oxygens (including phenoxy) is 4. The van der Waals surface area contributed by atoms with Gasteiger partial charge in [0.05, 0.1) is 38.7 Å². The van der Waals surface area contributed by atoms with Gasteiger partial charge >= 0.3 is 5.97 Å². The van der Waals surface area contributed by atoms with Crippen molar-refractivity contribution in [3.8, 4) is 28.7 Å². The smallest absolute Gasteiger partial charge is 0.303 e. The van der Waals surface area contributed by atoms with Gasteiger partial charge in [0, 0.05) is 29.9 Å². The largest absolute Gasteiger partial charge is 0.504 e. The van der Waals surface area contributed by atoms with Crippen LogP contribution in [-0.2, 0) is 23.9 Å². The first kappa shape index (κ1) is 44.0. The van der Waals surface area contributed by atoms with Crippen molar-refractivity contribution in [2.24, 2.45) is 0 Å². The maximum atomic E-state index is 13.6. The highest BCUT2D eigenvalue weighted by Gasteiger charge is 2.41. The van der Waals surface area contributed by atoms with E-state index in [1.54, 1.807) is 54.5 Å². The van der Waals surface area contributed by atoms with E-state index < -0.39 is 17.3 Å². The molecule has 0 unspecified atom stereocenters. The Morgan fingerprint density at radius 1 is 0.807 bits per heavy atom. The van der Waals surface area contributed by atoms with Crippen molar-refractivity contribution >= 4 is 64.6 Å². The molecule has 12 nitrogen and oxygen atoms in total. The first-order valence-corrected chi connectivity index (χ1v) is 18.9. The lowest BCUT2D eigenvalue weighted by atomic mass is 10.1. The summed E-state index contributed by atoms with van der Waals surface area (Å²) in [5, 5.41) is 19.2. The molecule has 1 aliphatic heterocycles. The number of thioether (sulfide) groups is 1. The van der Waals surface area contributed by atoms with Crippen LogP contribution in [0.2, 0.25) is 5.02 Å². The number of hydrogen-bond donors (Lipinski definition) is 2. The molecule has 0 spiro atoms. The summed E-state index contributed by atoms with van der Waals surface area (Å²) in [7, 11) is 8.36. The number of methoxy groups -OCH3 is 3. The molecule has 5 rings (SSSR count). The number of rotatable bonds is 14. The van der Waals surface area contributed by atoms with Gasteiger partial charge in [-0.3, -0.25) is 19.2 Å². The molecule has 0 saturated carbocycles. The van der Waals surface area contributed by atoms with E-state index in [-0.39, 0.29) is 35.4 Å². The van der Waals surface area contributed by atoms with Crippen LogP contribution in [0.15, 0.2) is 95.9 Å². The van der Waals surface area contributed by atoms with E-state index in [2.05, 4.69) is 0 Å². The second kappa shape index (κ2) is 21.0. The van der Waals surface area contributed by atoms with Crippen molar-refractivity contribution in [3.63, 3.8) is 0 Å². The maximum absolute atomic E-state index is 13.6. The first-order chi connectivity index (χ1) is 27.2. The second-order valence-corrected chi connectivity index (χ2v) is 14.5. The van der Waals surface area contributed by atoms with Gasteiger partial charge in [0.25, 0.3) is 5.91 Å². The van der Waals surface area contributed by atoms with Gasteiger partial charge in [-0.2, -0.15) is 0 Å². The average molecular weight is 817 g/mol. The number of hydrogen-bond acceptors (Lipinski definition) is 12. The van der Waals surface area contributed by atoms with Crippen LogP contribution < -0.4 is 19.1 Å². The van der Waals surface area contributed by atoms with E-state index in [1.807, 2.05) is 55.4 Å². The summed E-state index contributed by atoms with van der Waals surface area (Å²) in [5.41, 5.74) is 2.96. The van der Waals surface area contributed by atoms with Crippen LogP contribution in [0.3, 0.4) is 0 Å². The second-order valence-electron chi connectivity index (χ2n) is 12.9. The molecule has 4 aromatic rings. The maximum Gasteiger partial charge on any atom is 0.303 e. The van der Waals surface area contributed by atoms with Crippen molar-refractivity contribution < 1.29 is 48.3 Å². The number of allylic oxidation sites excluding steroid dienone is 2. The van der Waals surface area contributed by atoms with Crippen molar-refractivity contribution in [2.45, 2.75) is 29.6 Å². The zero-order chi connectivity index (χ0) is 41.6. The van der Waals surface area contributed by atoms with Gasteiger partial charge in [-0.1, -0.05) is 48.0 Å². The number of nitrogens with zero attached hydrogens (tertiary/aromatic N) is 2. The molecular formula is C43H45ClN2O10S. The number of carbonyl (C=O) groups excluding carboxylic acids is 4. The Bertz CT molecular complexity index is 2050. The monoisotopic (exact) mass is 816 g/mol. The Morgan fingerprint density at radius 3 is 1.86 bits per heavy atom. The Hall–Kier alpha value is -5.76. The van der Waals surface area contributed by atoms with Gasteiger partial charge in [-0.15, -0.1) is 11.8 Å². The number of amides is 1. The minimum absolute atomic E-state index is 0.00662. The summed E-state index contributed by atoms with van der Waals surface area (Å²) in [6.45, 7) is 2.45. The normalized spacial score (nSPS) is 15.1. The number of anilines is 1. The molecule has 57 heavy (non-hydrogen) atoms. The van der Waals surface area contributed by atoms with E-state index in [0.717, 1.165) is 16.1 Å². The standard InChI is InChI=1S/C22H25ClN2O4S.C21H20O6/c1-14(26)29-20-21(15-5-8-17(28-4)9-6-15)30-19-13-16(23)7-10-18(19)25(22(20)27)12-11-24(2)3;1-26-20-11-14(5-9-18(20)24)3-7-16(22)13-17(23)8-4-15-6-10-19(25)21(12-15)27-2/h5-10,13,20-21H,11-12H2,1-4H3;3-12,24-25H,13H2,1-2H3/b;7-3+,8-4+/t20-,21+;/m1./s1. The molecule has 0 bridgehead atoms. The first-order valence-electron chi connectivity index (χ1n) is 17.6. The third-order valence-corrected chi connectivity index (χ3v) is 10.0. The number of carbonyl (C=O) groups is 4. The SMILES string of the molecule is COc1cc(/C=C/C(=O)CC(=O)/C=C/c2ccc(O)c(OC)c2)ccc1O.COc1ccc([C@@H]2Sc3cc(Cl)ccc3N(CCN(C)C)C(=O)[C@@H]2OC(C)=O)cc1. The van der Waals surface area contributed by atoms with E-state index in [9.17, 15) is 29.4 Å². The molecule has 14 heteroatoms. The summed E-state index contributed by atoms with van der Waals surface area (Å²) in [6, 6.07) is 22.2. The van der Waals surface area contributed by atoms with Gasteiger partial charge in [-0.05, 0) is 97.5 Å². The lowest BCUT2D eigenvalue weighted by molar-refractivity contribution is -0.152. The molecule has 1 heterocycles. The molecular weight excluding hydrogens is 772 g/mol. The predicted molar refractivity (Wildman–Crippen MR) is 222 cm³/mol. The number of phenolic OH excluding ortho intramolecular Hbond substituents is 2. The van der Waals surface area contributed by atoms with Crippen molar-refractivity contribution in [1.82, 2.24) is 4.90 Å². The zero-order valence-electron chi connectivity index (χ0n) is 32.4. The highest BCUT2D eigenvalue weighted by molar-refractivity contribution is 7.99. The molecule has 0 fully saturated rings. The minimum atomic E-state index is -0.964. The van der Waals surface area contributed by atoms with Crippen molar-refractivity contribution in [3.05, 3.63) is 113 Å². The summed E-state index contributed by atoms with van der Waals surface area (Å²) >= 11 is 7.74. The van der Waals surface area contributed by atoms with Crippen LogP contribution in [0.5, 0.6) is 28.7 Å². The molecule has 1 aliphatic rings. The van der Waals surface area contributed by atoms with E-state index in [0.29, 0.717) is 46.5 Å². The van der Waals surface area contributed by atoms with E-state index >= 15 is 0 Å². The number of halogens is 1. The van der Waals surface area contributed by atoms with Gasteiger partial charge in [0.2, 0.25) is 0 Å². The lowest BCUT2D eigenvalue weighted by Crippen LogP contribution is -2.45. The quantitative estimate of drug-likeness (QED) is 0.0742. The summed E-state index contributed by atoms with van der Waals surface area (Å²) < 4.78 is 20.8. The Labute approximate surface area is 341 Å². The molecule has 0 aromatic heterocycles. The number of phenols is 2. The van der Waals surface area contributed by atoms with Gasteiger partial charge in [0.15, 0.2) is 40.7 Å². The highest BCUT2D eigenvalue weighted by Crippen LogP contribution is 2.47. The Balaban J connectivity index is 0.000000254. The Kier molecular flexibility index (Phi) is 16.2. The van der Waals surface area contributed by atoms with E-state index in [4.69, 9.17) is 30.5 Å². The molecule has 0 radical (unpaired) electrons. The molecule has 0 saturated heterocycles. The molecule has 0 aliphatic carbocycles. The minimum Gasteiger partial charge on any atom is -0.504 e. The van der Waals surface area contributed by atoms with Crippen LogP contribution in [0.25, 0.3) is 12.2 Å². The van der Waals surface area contributed by atoms with Crippen LogP contribution >= 0.6 is 23.4 Å². The zero-order valence-corrected chi connectivity index (χ0v) is 34.0. The summed E-state index contributed by atoms with van der Waals surface area (Å²) in [6.07, 6.45) is 4.48. The van der Waals surface area contributed by atoms with Gasteiger partial charge < -0.3 is 39.0 Å². The molecule has 4 aromatic carbocycles. The number of aromatic hydroxyl groups is 2. The third kappa shape index (κ3) is 12.6. The number of fused-ring (bicyclic) bond motifs is 1. The molecule has 1 amide bonds. The fraction of sp³-hybridized carbons (Fsp3) is 0.256. The lowest BCUT2D eigenvalue weighted by Gasteiger charge is -2.28. The molecule has 2 atom stereocenters. The third-order valence-electron chi connectivity index (χ3n) is 8.44. The Morgan fingerprint density at radius 2 is 1.37 bits per heavy atom. The van der Waals surface area contributed by atoms with Crippen LogP contribution in [0.4, 0.5) is 5.69 Å². The average Bonchev–Trinajstić information content (AvgIpc) is 3.29. The van der Waals surface area contributed by atoms with Crippen molar-refractivity contribution in [2.75, 3.05) is 53.4 Å². The number of benzene rings is 4. The topological polar surface area (TPSA) is 152 Å². The van der Waals surface area contributed by atoms with Crippen LogP contribution in [0, 0.1) is 0 Å². The highest BCUT2D eigenvalue weighted by atomic mass is 35.5. The number of likely N-dealkylation sites (N-methyl/N-ethyl adjacent to an activating group) is 1. The number of ketones is 2.